The second-order valence-electron chi connectivity index (χ2n) is 3.55. The molecule has 1 nitrogen and oxygen atoms in total. The van der Waals surface area contributed by atoms with Crippen molar-refractivity contribution in [2.45, 2.75) is 38.7 Å². The maximum Gasteiger partial charge on any atom is 0.0679 e. The summed E-state index contributed by atoms with van der Waals surface area (Å²) in [5, 5.41) is 9.58. The Labute approximate surface area is 68.8 Å². The summed E-state index contributed by atoms with van der Waals surface area (Å²) in [6, 6.07) is 0. The van der Waals surface area contributed by atoms with E-state index in [1.807, 2.05) is 0 Å². The van der Waals surface area contributed by atoms with E-state index in [1.165, 1.54) is 12.8 Å². The largest absolute Gasteiger partial charge is 0.392 e. The maximum atomic E-state index is 9.58. The predicted octanol–water partition coefficient (Wildman–Crippen LogP) is 1.81. The van der Waals surface area contributed by atoms with Crippen LogP contribution in [-0.2, 0) is 0 Å². The molecule has 3 atom stereocenters. The van der Waals surface area contributed by atoms with Crippen LogP contribution in [0.5, 0.6) is 0 Å². The first-order valence-corrected chi connectivity index (χ1v) is 4.37. The molecule has 11 heavy (non-hydrogen) atoms. The van der Waals surface area contributed by atoms with Crippen molar-refractivity contribution in [1.82, 2.24) is 0 Å². The van der Waals surface area contributed by atoms with Gasteiger partial charge in [0.15, 0.2) is 0 Å². The van der Waals surface area contributed by atoms with Crippen LogP contribution in [0.25, 0.3) is 0 Å². The van der Waals surface area contributed by atoms with E-state index in [2.05, 4.69) is 12.8 Å². The zero-order chi connectivity index (χ0) is 8.27. The van der Waals surface area contributed by atoms with Crippen LogP contribution in [0.1, 0.15) is 32.6 Å². The van der Waals surface area contributed by atoms with Gasteiger partial charge in [-0.2, -0.15) is 0 Å². The average Bonchev–Trinajstić information content (AvgIpc) is 2.36. The van der Waals surface area contributed by atoms with E-state index in [4.69, 9.17) is 6.42 Å². The molecule has 1 rings (SSSR count). The molecule has 1 saturated carbocycles. The van der Waals surface area contributed by atoms with Gasteiger partial charge in [0.05, 0.1) is 6.10 Å². The second-order valence-corrected chi connectivity index (χ2v) is 3.55. The normalized spacial score (nSPS) is 33.2. The van der Waals surface area contributed by atoms with E-state index in [0.29, 0.717) is 18.3 Å². The Morgan fingerprint density at radius 3 is 2.82 bits per heavy atom. The highest BCUT2D eigenvalue weighted by molar-refractivity contribution is 4.91. The van der Waals surface area contributed by atoms with Crippen LogP contribution in [0.2, 0.25) is 0 Å². The quantitative estimate of drug-likeness (QED) is 0.598. The molecule has 62 valence electrons. The van der Waals surface area contributed by atoms with Crippen LogP contribution in [0.4, 0.5) is 0 Å². The van der Waals surface area contributed by atoms with E-state index in [1.54, 1.807) is 0 Å². The molecule has 0 amide bonds. The molecule has 0 aromatic rings. The number of aliphatic hydroxyl groups is 1. The lowest BCUT2D eigenvalue weighted by Gasteiger charge is -2.19. The molecule has 3 unspecified atom stereocenters. The molecule has 0 bridgehead atoms. The molecular formula is C10H16O. The van der Waals surface area contributed by atoms with E-state index in [-0.39, 0.29) is 6.10 Å². The van der Waals surface area contributed by atoms with Gasteiger partial charge in [0.2, 0.25) is 0 Å². The minimum atomic E-state index is -0.252. The summed E-state index contributed by atoms with van der Waals surface area (Å²) >= 11 is 0. The molecule has 0 radical (unpaired) electrons. The fourth-order valence-electron chi connectivity index (χ4n) is 2.02. The van der Waals surface area contributed by atoms with Gasteiger partial charge >= 0.3 is 0 Å². The van der Waals surface area contributed by atoms with Crippen molar-refractivity contribution in [1.29, 1.82) is 0 Å². The van der Waals surface area contributed by atoms with Gasteiger partial charge in [-0.05, 0) is 18.3 Å². The third-order valence-electron chi connectivity index (χ3n) is 2.75. The van der Waals surface area contributed by atoms with E-state index < -0.39 is 0 Å². The number of rotatable bonds is 2. The summed E-state index contributed by atoms with van der Waals surface area (Å²) < 4.78 is 0. The summed E-state index contributed by atoms with van der Waals surface area (Å²) in [5.41, 5.74) is 0. The Morgan fingerprint density at radius 2 is 2.36 bits per heavy atom. The molecule has 0 spiro atoms. The Morgan fingerprint density at radius 1 is 1.64 bits per heavy atom. The lowest BCUT2D eigenvalue weighted by molar-refractivity contribution is 0.0945. The Bertz CT molecular complexity index is 157. The monoisotopic (exact) mass is 152 g/mol. The molecule has 1 fully saturated rings. The average molecular weight is 152 g/mol. The standard InChI is InChI=1S/C10H16O/c1-3-5-10(11)9-7-4-6-8(9)2/h1,8-11H,4-7H2,2H3. The summed E-state index contributed by atoms with van der Waals surface area (Å²) in [7, 11) is 0. The Hall–Kier alpha value is -0.480. The lowest BCUT2D eigenvalue weighted by atomic mass is 9.91. The number of hydrogen-bond donors (Lipinski definition) is 1. The number of terminal acetylenes is 1. The zero-order valence-electron chi connectivity index (χ0n) is 7.09. The third-order valence-corrected chi connectivity index (χ3v) is 2.75. The van der Waals surface area contributed by atoms with Crippen molar-refractivity contribution in [2.75, 3.05) is 0 Å². The summed E-state index contributed by atoms with van der Waals surface area (Å²) in [6.45, 7) is 2.21. The molecular weight excluding hydrogens is 136 g/mol. The van der Waals surface area contributed by atoms with Crippen LogP contribution in [-0.4, -0.2) is 11.2 Å². The third kappa shape index (κ3) is 1.97. The van der Waals surface area contributed by atoms with Gasteiger partial charge in [-0.25, -0.2) is 0 Å². The molecule has 1 N–H and O–H groups in total. The highest BCUT2D eigenvalue weighted by Gasteiger charge is 2.28. The van der Waals surface area contributed by atoms with Gasteiger partial charge in [0, 0.05) is 6.42 Å². The van der Waals surface area contributed by atoms with Gasteiger partial charge < -0.3 is 5.11 Å². The fraction of sp³-hybridized carbons (Fsp3) is 0.800. The SMILES string of the molecule is C#CCC(O)C1CCCC1C. The number of hydrogen-bond acceptors (Lipinski definition) is 1. The lowest BCUT2D eigenvalue weighted by Crippen LogP contribution is -2.21. The summed E-state index contributed by atoms with van der Waals surface area (Å²) in [5.74, 6) is 3.64. The first-order valence-electron chi connectivity index (χ1n) is 4.37. The van der Waals surface area contributed by atoms with E-state index >= 15 is 0 Å². The van der Waals surface area contributed by atoms with Crippen LogP contribution in [0.15, 0.2) is 0 Å². The van der Waals surface area contributed by atoms with Crippen LogP contribution >= 0.6 is 0 Å². The highest BCUT2D eigenvalue weighted by Crippen LogP contribution is 2.34. The predicted molar refractivity (Wildman–Crippen MR) is 46.0 cm³/mol. The molecule has 1 heteroatoms. The second kappa shape index (κ2) is 3.78. The topological polar surface area (TPSA) is 20.2 Å². The minimum Gasteiger partial charge on any atom is -0.392 e. The fourth-order valence-corrected chi connectivity index (χ4v) is 2.02. The zero-order valence-corrected chi connectivity index (χ0v) is 7.09. The molecule has 0 heterocycles. The summed E-state index contributed by atoms with van der Waals surface area (Å²) in [6.07, 6.45) is 9.07. The van der Waals surface area contributed by atoms with Crippen molar-refractivity contribution < 1.29 is 5.11 Å². The Balaban J connectivity index is 2.40. The van der Waals surface area contributed by atoms with E-state index in [9.17, 15) is 5.11 Å². The molecule has 0 saturated heterocycles. The van der Waals surface area contributed by atoms with Crippen molar-refractivity contribution in [2.24, 2.45) is 11.8 Å². The molecule has 1 aliphatic carbocycles. The van der Waals surface area contributed by atoms with Crippen molar-refractivity contribution in [3.63, 3.8) is 0 Å². The van der Waals surface area contributed by atoms with Crippen molar-refractivity contribution >= 4 is 0 Å². The first-order chi connectivity index (χ1) is 5.25. The minimum absolute atomic E-state index is 0.252. The van der Waals surface area contributed by atoms with Crippen molar-refractivity contribution in [3.05, 3.63) is 0 Å². The summed E-state index contributed by atoms with van der Waals surface area (Å²) in [4.78, 5) is 0. The van der Waals surface area contributed by atoms with E-state index in [0.717, 1.165) is 6.42 Å². The molecule has 0 aromatic heterocycles. The van der Waals surface area contributed by atoms with Crippen LogP contribution in [0, 0.1) is 24.2 Å². The first kappa shape index (κ1) is 8.62. The molecule has 0 aromatic carbocycles. The van der Waals surface area contributed by atoms with Crippen LogP contribution in [0.3, 0.4) is 0 Å². The smallest absolute Gasteiger partial charge is 0.0679 e. The van der Waals surface area contributed by atoms with Crippen LogP contribution < -0.4 is 0 Å². The van der Waals surface area contributed by atoms with Gasteiger partial charge in [0.25, 0.3) is 0 Å². The number of aliphatic hydroxyl groups excluding tert-OH is 1. The van der Waals surface area contributed by atoms with Gasteiger partial charge in [-0.1, -0.05) is 19.8 Å². The maximum absolute atomic E-state index is 9.58. The van der Waals surface area contributed by atoms with Crippen molar-refractivity contribution in [3.8, 4) is 12.3 Å². The highest BCUT2D eigenvalue weighted by atomic mass is 16.3. The van der Waals surface area contributed by atoms with Gasteiger partial charge in [-0.15, -0.1) is 12.3 Å². The molecule has 0 aliphatic heterocycles. The Kier molecular flexibility index (Phi) is 2.96. The van der Waals surface area contributed by atoms with Gasteiger partial charge in [-0.3, -0.25) is 0 Å². The molecule has 1 aliphatic rings. The van der Waals surface area contributed by atoms with Gasteiger partial charge in [0.1, 0.15) is 0 Å².